The van der Waals surface area contributed by atoms with Crippen molar-refractivity contribution in [2.45, 2.75) is 0 Å². The molecule has 9 heavy (non-hydrogen) atoms. The number of nitrogens with one attached hydrogen (secondary N) is 1. The molecule has 0 aliphatic carbocycles. The van der Waals surface area contributed by atoms with E-state index in [2.05, 4.69) is 11.9 Å². The fourth-order valence-corrected chi connectivity index (χ4v) is 0.544. The number of hydrogen-bond acceptors (Lipinski definition) is 3. The SMILES string of the molecule is C=C(CNC)ON1CC1. The molecule has 1 aliphatic heterocycles. The predicted octanol–water partition coefficient (Wildman–Crippen LogP) is -0.0333. The van der Waals surface area contributed by atoms with Crippen molar-refractivity contribution in [1.82, 2.24) is 10.4 Å². The van der Waals surface area contributed by atoms with Crippen LogP contribution in [-0.4, -0.2) is 31.7 Å². The fourth-order valence-electron chi connectivity index (χ4n) is 0.544. The van der Waals surface area contributed by atoms with Crippen LogP contribution in [0.25, 0.3) is 0 Å². The first-order chi connectivity index (χ1) is 4.33. The summed E-state index contributed by atoms with van der Waals surface area (Å²) in [6.07, 6.45) is 0. The minimum absolute atomic E-state index is 0.733. The summed E-state index contributed by atoms with van der Waals surface area (Å²) < 4.78 is 0. The molecular formula is C6H12N2O. The third kappa shape index (κ3) is 2.49. The summed E-state index contributed by atoms with van der Waals surface area (Å²) in [6, 6.07) is 0. The maximum atomic E-state index is 5.18. The molecule has 0 bridgehead atoms. The molecule has 0 amide bonds. The molecule has 0 radical (unpaired) electrons. The zero-order valence-corrected chi connectivity index (χ0v) is 5.68. The van der Waals surface area contributed by atoms with E-state index in [1.807, 2.05) is 12.1 Å². The molecule has 1 saturated heterocycles. The zero-order chi connectivity index (χ0) is 6.69. The summed E-state index contributed by atoms with van der Waals surface area (Å²) in [5.41, 5.74) is 0. The van der Waals surface area contributed by atoms with Gasteiger partial charge in [0.1, 0.15) is 5.76 Å². The van der Waals surface area contributed by atoms with Gasteiger partial charge in [-0.1, -0.05) is 6.58 Å². The van der Waals surface area contributed by atoms with Gasteiger partial charge in [-0.05, 0) is 7.05 Å². The molecule has 0 aromatic heterocycles. The fraction of sp³-hybridized carbons (Fsp3) is 0.667. The van der Waals surface area contributed by atoms with Gasteiger partial charge in [-0.3, -0.25) is 0 Å². The molecule has 1 heterocycles. The second-order valence-corrected chi connectivity index (χ2v) is 2.09. The molecule has 1 rings (SSSR count). The van der Waals surface area contributed by atoms with Crippen LogP contribution in [0.4, 0.5) is 0 Å². The molecule has 1 N–H and O–H groups in total. The Morgan fingerprint density at radius 2 is 2.44 bits per heavy atom. The van der Waals surface area contributed by atoms with Crippen LogP contribution in [0.3, 0.4) is 0 Å². The van der Waals surface area contributed by atoms with Gasteiger partial charge in [-0.2, -0.15) is 0 Å². The molecule has 0 aromatic carbocycles. The van der Waals surface area contributed by atoms with E-state index in [-0.39, 0.29) is 0 Å². The van der Waals surface area contributed by atoms with E-state index >= 15 is 0 Å². The van der Waals surface area contributed by atoms with Gasteiger partial charge in [0.15, 0.2) is 0 Å². The number of likely N-dealkylation sites (N-methyl/N-ethyl adjacent to an activating group) is 1. The largest absolute Gasteiger partial charge is 0.410 e. The average molecular weight is 128 g/mol. The third-order valence-corrected chi connectivity index (χ3v) is 1.04. The lowest BCUT2D eigenvalue weighted by atomic mass is 10.6. The Hall–Kier alpha value is -0.540. The van der Waals surface area contributed by atoms with Crippen LogP contribution >= 0.6 is 0 Å². The van der Waals surface area contributed by atoms with Gasteiger partial charge in [0.05, 0.1) is 19.6 Å². The van der Waals surface area contributed by atoms with Crippen molar-refractivity contribution in [3.05, 3.63) is 12.3 Å². The van der Waals surface area contributed by atoms with Crippen LogP contribution in [-0.2, 0) is 4.84 Å². The maximum absolute atomic E-state index is 5.18. The maximum Gasteiger partial charge on any atom is 0.131 e. The highest BCUT2D eigenvalue weighted by Crippen LogP contribution is 2.07. The van der Waals surface area contributed by atoms with Crippen LogP contribution in [0.5, 0.6) is 0 Å². The lowest BCUT2D eigenvalue weighted by Crippen LogP contribution is -2.13. The van der Waals surface area contributed by atoms with Gasteiger partial charge in [-0.25, -0.2) is 0 Å². The zero-order valence-electron chi connectivity index (χ0n) is 5.68. The predicted molar refractivity (Wildman–Crippen MR) is 35.7 cm³/mol. The molecule has 0 aromatic rings. The Labute approximate surface area is 55.2 Å². The first kappa shape index (κ1) is 6.58. The van der Waals surface area contributed by atoms with Crippen LogP contribution in [0.1, 0.15) is 0 Å². The molecule has 0 unspecified atom stereocenters. The third-order valence-electron chi connectivity index (χ3n) is 1.04. The van der Waals surface area contributed by atoms with Gasteiger partial charge in [-0.15, -0.1) is 5.06 Å². The van der Waals surface area contributed by atoms with Crippen LogP contribution in [0, 0.1) is 0 Å². The highest BCUT2D eigenvalue weighted by Gasteiger charge is 2.19. The Morgan fingerprint density at radius 1 is 1.78 bits per heavy atom. The normalized spacial score (nSPS) is 17.4. The minimum Gasteiger partial charge on any atom is -0.410 e. The van der Waals surface area contributed by atoms with Crippen LogP contribution < -0.4 is 5.32 Å². The van der Waals surface area contributed by atoms with Crippen molar-refractivity contribution in [2.75, 3.05) is 26.7 Å². The molecular weight excluding hydrogens is 116 g/mol. The molecule has 1 fully saturated rings. The second-order valence-electron chi connectivity index (χ2n) is 2.09. The van der Waals surface area contributed by atoms with Crippen LogP contribution in [0.2, 0.25) is 0 Å². The van der Waals surface area contributed by atoms with Gasteiger partial charge in [0.2, 0.25) is 0 Å². The second kappa shape index (κ2) is 2.85. The Morgan fingerprint density at radius 3 is 2.89 bits per heavy atom. The number of hydroxylamine groups is 2. The summed E-state index contributed by atoms with van der Waals surface area (Å²) in [5.74, 6) is 0.787. The standard InChI is InChI=1S/C6H12N2O/c1-6(5-7-2)9-8-3-4-8/h7H,1,3-5H2,2H3. The van der Waals surface area contributed by atoms with Gasteiger partial charge in [0, 0.05) is 0 Å². The highest BCUT2D eigenvalue weighted by atomic mass is 16.7. The van der Waals surface area contributed by atoms with Crippen molar-refractivity contribution in [3.63, 3.8) is 0 Å². The van der Waals surface area contributed by atoms with Crippen molar-refractivity contribution in [2.24, 2.45) is 0 Å². The molecule has 0 saturated carbocycles. The van der Waals surface area contributed by atoms with Crippen molar-refractivity contribution >= 4 is 0 Å². The topological polar surface area (TPSA) is 24.3 Å². The van der Waals surface area contributed by atoms with Crippen molar-refractivity contribution < 1.29 is 4.84 Å². The number of hydrogen-bond donors (Lipinski definition) is 1. The molecule has 1 aliphatic rings. The molecule has 0 spiro atoms. The summed E-state index contributed by atoms with van der Waals surface area (Å²) in [4.78, 5) is 5.18. The lowest BCUT2D eigenvalue weighted by Gasteiger charge is -2.05. The average Bonchev–Trinajstić information content (AvgIpc) is 2.50. The summed E-state index contributed by atoms with van der Waals surface area (Å²) >= 11 is 0. The molecule has 3 heteroatoms. The Kier molecular flexibility index (Phi) is 2.08. The first-order valence-corrected chi connectivity index (χ1v) is 3.08. The van der Waals surface area contributed by atoms with E-state index < -0.39 is 0 Å². The minimum atomic E-state index is 0.733. The summed E-state index contributed by atoms with van der Waals surface area (Å²) in [5, 5.41) is 4.81. The van der Waals surface area contributed by atoms with Crippen molar-refractivity contribution in [3.8, 4) is 0 Å². The molecule has 0 atom stereocenters. The van der Waals surface area contributed by atoms with Gasteiger partial charge in [0.25, 0.3) is 0 Å². The molecule has 3 nitrogen and oxygen atoms in total. The van der Waals surface area contributed by atoms with E-state index in [4.69, 9.17) is 4.84 Å². The van der Waals surface area contributed by atoms with Gasteiger partial charge < -0.3 is 10.2 Å². The Balaban J connectivity index is 2.02. The van der Waals surface area contributed by atoms with E-state index in [9.17, 15) is 0 Å². The number of nitrogens with zero attached hydrogens (tertiary/aromatic N) is 1. The monoisotopic (exact) mass is 128 g/mol. The summed E-state index contributed by atoms with van der Waals surface area (Å²) in [6.45, 7) is 6.52. The van der Waals surface area contributed by atoms with E-state index in [0.717, 1.165) is 25.4 Å². The smallest absolute Gasteiger partial charge is 0.131 e. The highest BCUT2D eigenvalue weighted by molar-refractivity contribution is 4.85. The lowest BCUT2D eigenvalue weighted by molar-refractivity contribution is -0.0122. The first-order valence-electron chi connectivity index (χ1n) is 3.08. The Bertz CT molecular complexity index is 110. The van der Waals surface area contributed by atoms with E-state index in [0.29, 0.717) is 0 Å². The summed E-state index contributed by atoms with van der Waals surface area (Å²) in [7, 11) is 1.87. The van der Waals surface area contributed by atoms with Gasteiger partial charge >= 0.3 is 0 Å². The van der Waals surface area contributed by atoms with Crippen LogP contribution in [0.15, 0.2) is 12.3 Å². The quantitative estimate of drug-likeness (QED) is 0.425. The molecule has 52 valence electrons. The van der Waals surface area contributed by atoms with E-state index in [1.54, 1.807) is 0 Å². The number of rotatable bonds is 4. The van der Waals surface area contributed by atoms with Crippen molar-refractivity contribution in [1.29, 1.82) is 0 Å². The van der Waals surface area contributed by atoms with E-state index in [1.165, 1.54) is 0 Å².